The molecule has 8 heteroatoms. The van der Waals surface area contributed by atoms with Crippen LogP contribution in [0.4, 0.5) is 0 Å². The van der Waals surface area contributed by atoms with Crippen molar-refractivity contribution in [2.24, 2.45) is 11.3 Å². The van der Waals surface area contributed by atoms with Crippen molar-refractivity contribution >= 4 is 28.6 Å². The molecule has 2 aromatic carbocycles. The van der Waals surface area contributed by atoms with Gasteiger partial charge >= 0.3 is 0 Å². The number of fused-ring (bicyclic) bond motifs is 1. The van der Waals surface area contributed by atoms with E-state index in [0.29, 0.717) is 18.8 Å². The number of carbonyl (C=O) groups excluding carboxylic acids is 3. The fourth-order valence-corrected chi connectivity index (χ4v) is 6.34. The normalized spacial score (nSPS) is 25.9. The Labute approximate surface area is 236 Å². The molecule has 5 rings (SSSR count). The highest BCUT2D eigenvalue weighted by Gasteiger charge is 2.66. The average Bonchev–Trinajstić information content (AvgIpc) is 3.84. The van der Waals surface area contributed by atoms with E-state index < -0.39 is 17.0 Å². The van der Waals surface area contributed by atoms with Crippen molar-refractivity contribution in [2.45, 2.75) is 57.0 Å². The number of rotatable bonds is 10. The number of amides is 3. The van der Waals surface area contributed by atoms with Gasteiger partial charge in [0.1, 0.15) is 11.6 Å². The van der Waals surface area contributed by atoms with Gasteiger partial charge in [-0.15, -0.1) is 0 Å². The van der Waals surface area contributed by atoms with Crippen LogP contribution in [0.25, 0.3) is 10.9 Å². The van der Waals surface area contributed by atoms with Crippen molar-refractivity contribution in [3.8, 4) is 0 Å². The van der Waals surface area contributed by atoms with E-state index in [0.717, 1.165) is 34.9 Å². The molecule has 2 aliphatic carbocycles. The zero-order valence-electron chi connectivity index (χ0n) is 24.4. The lowest BCUT2D eigenvalue weighted by molar-refractivity contribution is -0.155. The molecule has 5 atom stereocenters. The smallest absolute Gasteiger partial charge is 0.263 e. The topological polar surface area (TPSA) is 88.8 Å². The zero-order valence-corrected chi connectivity index (χ0v) is 24.4. The SMILES string of the molecule is CCC1CC1(C)C(=O)N[C@H](Cc1c[nH]c2ccccc12)C(=O)N(C)C1(C(=O)N(C)N(C)C)CC1c1ccccc1. The number of aromatic amines is 1. The number of nitrogens with one attached hydrogen (secondary N) is 2. The molecule has 40 heavy (non-hydrogen) atoms. The fraction of sp³-hybridized carbons (Fsp3) is 0.469. The number of para-hydroxylation sites is 1. The number of H-pyrrole nitrogens is 1. The van der Waals surface area contributed by atoms with Crippen LogP contribution in [0, 0.1) is 11.3 Å². The van der Waals surface area contributed by atoms with E-state index in [1.807, 2.05) is 81.8 Å². The van der Waals surface area contributed by atoms with Crippen LogP contribution in [0.5, 0.6) is 0 Å². The largest absolute Gasteiger partial charge is 0.361 e. The van der Waals surface area contributed by atoms with Crippen molar-refractivity contribution in [2.75, 3.05) is 28.2 Å². The predicted octanol–water partition coefficient (Wildman–Crippen LogP) is 3.95. The molecule has 212 valence electrons. The molecule has 0 aliphatic heterocycles. The Morgan fingerprint density at radius 3 is 2.33 bits per heavy atom. The van der Waals surface area contributed by atoms with Crippen molar-refractivity contribution in [1.29, 1.82) is 0 Å². The highest BCUT2D eigenvalue weighted by atomic mass is 16.2. The molecule has 2 aliphatic rings. The van der Waals surface area contributed by atoms with Crippen molar-refractivity contribution < 1.29 is 14.4 Å². The molecule has 2 fully saturated rings. The molecule has 0 saturated heterocycles. The maximum atomic E-state index is 14.4. The van der Waals surface area contributed by atoms with E-state index in [-0.39, 0.29) is 23.6 Å². The minimum atomic E-state index is -1.03. The van der Waals surface area contributed by atoms with Gasteiger partial charge in [0.25, 0.3) is 5.91 Å². The summed E-state index contributed by atoms with van der Waals surface area (Å²) < 4.78 is 0. The number of likely N-dealkylation sites (N-methyl/N-ethyl adjacent to an activating group) is 2. The Hall–Kier alpha value is -3.65. The maximum Gasteiger partial charge on any atom is 0.263 e. The van der Waals surface area contributed by atoms with E-state index in [1.54, 1.807) is 29.0 Å². The van der Waals surface area contributed by atoms with Crippen LogP contribution < -0.4 is 5.32 Å². The van der Waals surface area contributed by atoms with E-state index in [9.17, 15) is 14.4 Å². The van der Waals surface area contributed by atoms with Crippen LogP contribution in [0.15, 0.2) is 60.8 Å². The molecule has 3 amide bonds. The molecule has 2 saturated carbocycles. The van der Waals surface area contributed by atoms with Crippen molar-refractivity contribution in [3.63, 3.8) is 0 Å². The molecule has 8 nitrogen and oxygen atoms in total. The number of nitrogens with zero attached hydrogens (tertiary/aromatic N) is 3. The lowest BCUT2D eigenvalue weighted by Gasteiger charge is -2.36. The van der Waals surface area contributed by atoms with Gasteiger partial charge in [-0.05, 0) is 36.0 Å². The van der Waals surface area contributed by atoms with E-state index >= 15 is 0 Å². The molecular formula is C32H41N5O3. The third kappa shape index (κ3) is 4.68. The Morgan fingerprint density at radius 2 is 1.68 bits per heavy atom. The third-order valence-electron chi connectivity index (χ3n) is 9.45. The van der Waals surface area contributed by atoms with Gasteiger partial charge in [-0.2, -0.15) is 0 Å². The van der Waals surface area contributed by atoms with Crippen molar-refractivity contribution in [1.82, 2.24) is 25.2 Å². The number of hydrogen-bond donors (Lipinski definition) is 2. The molecule has 2 N–H and O–H groups in total. The molecule has 0 bridgehead atoms. The zero-order chi connectivity index (χ0) is 28.8. The summed E-state index contributed by atoms with van der Waals surface area (Å²) in [7, 11) is 7.07. The minimum absolute atomic E-state index is 0.0906. The standard InChI is InChI=1S/C32H41N5O3/c1-7-23-18-31(23,2)29(39)34-27(17-22-20-33-26-16-12-11-15-24(22)26)28(38)36(5)32(30(40)37(6)35(3)4)19-25(32)21-13-9-8-10-14-21/h8-16,20,23,25,27,33H,7,17-19H2,1-6H3,(H,34,39)/t23?,25?,27-,31?,32?/m1/s1. The first-order valence-corrected chi connectivity index (χ1v) is 14.2. The number of benzene rings is 2. The summed E-state index contributed by atoms with van der Waals surface area (Å²) in [4.78, 5) is 46.8. The van der Waals surface area contributed by atoms with Gasteiger partial charge in [-0.1, -0.05) is 68.8 Å². The molecule has 3 aromatic rings. The number of carbonyl (C=O) groups is 3. The lowest BCUT2D eigenvalue weighted by Crippen LogP contribution is -2.59. The molecule has 0 spiro atoms. The molecule has 1 heterocycles. The number of hydrazine groups is 1. The first-order chi connectivity index (χ1) is 19.0. The fourth-order valence-electron chi connectivity index (χ4n) is 6.34. The summed E-state index contributed by atoms with van der Waals surface area (Å²) in [6.07, 6.45) is 4.52. The van der Waals surface area contributed by atoms with E-state index in [4.69, 9.17) is 0 Å². The highest BCUT2D eigenvalue weighted by Crippen LogP contribution is 2.57. The second kappa shape index (κ2) is 10.4. The maximum absolute atomic E-state index is 14.4. The summed E-state index contributed by atoms with van der Waals surface area (Å²) in [5.41, 5.74) is 1.47. The van der Waals surface area contributed by atoms with Gasteiger partial charge in [-0.3, -0.25) is 19.4 Å². The summed E-state index contributed by atoms with van der Waals surface area (Å²) in [6.45, 7) is 4.08. The Bertz CT molecular complexity index is 1420. The monoisotopic (exact) mass is 543 g/mol. The second-order valence-electron chi connectivity index (χ2n) is 12.0. The first-order valence-electron chi connectivity index (χ1n) is 14.2. The number of hydrogen-bond acceptors (Lipinski definition) is 4. The molecule has 4 unspecified atom stereocenters. The Morgan fingerprint density at radius 1 is 1.00 bits per heavy atom. The van der Waals surface area contributed by atoms with Crippen LogP contribution in [-0.2, 0) is 20.8 Å². The first kappa shape index (κ1) is 27.9. The summed E-state index contributed by atoms with van der Waals surface area (Å²) in [5, 5.41) is 7.45. The van der Waals surface area contributed by atoms with Gasteiger partial charge in [0.05, 0.1) is 0 Å². The minimum Gasteiger partial charge on any atom is -0.361 e. The van der Waals surface area contributed by atoms with Gasteiger partial charge in [-0.25, -0.2) is 5.01 Å². The summed E-state index contributed by atoms with van der Waals surface area (Å²) >= 11 is 0. The summed E-state index contributed by atoms with van der Waals surface area (Å²) in [5.74, 6) is -0.296. The summed E-state index contributed by atoms with van der Waals surface area (Å²) in [6, 6.07) is 17.0. The van der Waals surface area contributed by atoms with Crippen molar-refractivity contribution in [3.05, 3.63) is 71.9 Å². The van der Waals surface area contributed by atoms with Crippen LogP contribution in [0.1, 0.15) is 50.2 Å². The molecule has 0 radical (unpaired) electrons. The average molecular weight is 544 g/mol. The van der Waals surface area contributed by atoms with Gasteiger partial charge in [0.2, 0.25) is 11.8 Å². The van der Waals surface area contributed by atoms with Gasteiger partial charge in [0.15, 0.2) is 0 Å². The van der Waals surface area contributed by atoms with E-state index in [2.05, 4.69) is 17.2 Å². The Kier molecular flexibility index (Phi) is 7.25. The molecular weight excluding hydrogens is 502 g/mol. The third-order valence-corrected chi connectivity index (χ3v) is 9.45. The predicted molar refractivity (Wildman–Crippen MR) is 156 cm³/mol. The van der Waals surface area contributed by atoms with Crippen LogP contribution in [0.3, 0.4) is 0 Å². The van der Waals surface area contributed by atoms with E-state index in [1.165, 1.54) is 0 Å². The van der Waals surface area contributed by atoms with Crippen LogP contribution >= 0.6 is 0 Å². The quantitative estimate of drug-likeness (QED) is 0.379. The van der Waals surface area contributed by atoms with Crippen LogP contribution in [0.2, 0.25) is 0 Å². The highest BCUT2D eigenvalue weighted by molar-refractivity contribution is 5.99. The van der Waals surface area contributed by atoms with Gasteiger partial charge in [0, 0.05) is 63.0 Å². The molecule has 1 aromatic heterocycles. The number of aromatic nitrogens is 1. The lowest BCUT2D eigenvalue weighted by atomic mass is 9.98. The van der Waals surface area contributed by atoms with Gasteiger partial charge < -0.3 is 15.2 Å². The second-order valence-corrected chi connectivity index (χ2v) is 12.0. The Balaban J connectivity index is 1.49. The van der Waals surface area contributed by atoms with Crippen LogP contribution in [-0.4, -0.2) is 77.4 Å².